The van der Waals surface area contributed by atoms with E-state index in [4.69, 9.17) is 9.15 Å². The summed E-state index contributed by atoms with van der Waals surface area (Å²) in [4.78, 5) is 11.3. The summed E-state index contributed by atoms with van der Waals surface area (Å²) in [6, 6.07) is 17.3. The van der Waals surface area contributed by atoms with Gasteiger partial charge in [0.2, 0.25) is 0 Å². The van der Waals surface area contributed by atoms with Gasteiger partial charge in [-0.25, -0.2) is 0 Å². The fraction of sp³-hybridized carbons (Fsp3) is 0.118. The van der Waals surface area contributed by atoms with Crippen LogP contribution in [0.1, 0.15) is 23.0 Å². The van der Waals surface area contributed by atoms with E-state index in [2.05, 4.69) is 0 Å². The average Bonchev–Trinajstić information content (AvgIpc) is 2.89. The second-order valence-electron chi connectivity index (χ2n) is 4.64. The highest BCUT2D eigenvalue weighted by molar-refractivity contribution is 5.96. The summed E-state index contributed by atoms with van der Waals surface area (Å²) >= 11 is 0. The predicted molar refractivity (Wildman–Crippen MR) is 77.0 cm³/mol. The van der Waals surface area contributed by atoms with E-state index < -0.39 is 0 Å². The van der Waals surface area contributed by atoms with E-state index in [0.29, 0.717) is 18.0 Å². The van der Waals surface area contributed by atoms with Crippen molar-refractivity contribution >= 4 is 16.8 Å². The fourth-order valence-electron chi connectivity index (χ4n) is 2.02. The van der Waals surface area contributed by atoms with Gasteiger partial charge in [-0.2, -0.15) is 0 Å². The number of hydrogen-bond donors (Lipinski definition) is 0. The topological polar surface area (TPSA) is 39.4 Å². The molecule has 0 saturated carbocycles. The van der Waals surface area contributed by atoms with Crippen molar-refractivity contribution in [3.63, 3.8) is 0 Å². The first-order valence-corrected chi connectivity index (χ1v) is 6.43. The zero-order valence-electron chi connectivity index (χ0n) is 11.1. The zero-order chi connectivity index (χ0) is 13.9. The number of fused-ring (bicyclic) bond motifs is 1. The number of hydrogen-bond acceptors (Lipinski definition) is 3. The van der Waals surface area contributed by atoms with Gasteiger partial charge in [-0.05, 0) is 23.8 Å². The van der Waals surface area contributed by atoms with Gasteiger partial charge in [-0.1, -0.05) is 30.3 Å². The molecular weight excluding hydrogens is 252 g/mol. The molecule has 0 N–H and O–H groups in total. The maximum absolute atomic E-state index is 11.3. The van der Waals surface area contributed by atoms with Crippen LogP contribution in [0.4, 0.5) is 0 Å². The molecule has 0 aliphatic heterocycles. The van der Waals surface area contributed by atoms with Crippen molar-refractivity contribution < 1.29 is 13.9 Å². The summed E-state index contributed by atoms with van der Waals surface area (Å²) < 4.78 is 11.2. The van der Waals surface area contributed by atoms with Crippen LogP contribution in [-0.2, 0) is 6.61 Å². The molecular formula is C17H14O3. The monoisotopic (exact) mass is 266 g/mol. The van der Waals surface area contributed by atoms with Crippen LogP contribution in [0.15, 0.2) is 59.0 Å². The summed E-state index contributed by atoms with van der Waals surface area (Å²) in [7, 11) is 0. The molecule has 1 aromatic heterocycles. The Kier molecular flexibility index (Phi) is 3.25. The molecule has 3 nitrogen and oxygen atoms in total. The standard InChI is InChI=1S/C17H14O3/c1-12(18)16-9-14-7-8-15(10-17(14)20-16)19-11-13-5-3-2-4-6-13/h2-10H,11H2,1H3. The highest BCUT2D eigenvalue weighted by Gasteiger charge is 2.08. The first-order valence-electron chi connectivity index (χ1n) is 6.43. The van der Waals surface area contributed by atoms with E-state index >= 15 is 0 Å². The van der Waals surface area contributed by atoms with E-state index in [-0.39, 0.29) is 5.78 Å². The maximum atomic E-state index is 11.3. The average molecular weight is 266 g/mol. The van der Waals surface area contributed by atoms with Crippen molar-refractivity contribution in [1.29, 1.82) is 0 Å². The SMILES string of the molecule is CC(=O)c1cc2ccc(OCc3ccccc3)cc2o1. The van der Waals surface area contributed by atoms with Gasteiger partial charge in [0, 0.05) is 18.4 Å². The molecule has 0 amide bonds. The van der Waals surface area contributed by atoms with Crippen LogP contribution in [0.2, 0.25) is 0 Å². The summed E-state index contributed by atoms with van der Waals surface area (Å²) in [5, 5.41) is 0.905. The number of carbonyl (C=O) groups excluding carboxylic acids is 1. The van der Waals surface area contributed by atoms with Gasteiger partial charge in [-0.15, -0.1) is 0 Å². The first-order chi connectivity index (χ1) is 9.72. The third-order valence-electron chi connectivity index (χ3n) is 3.09. The molecule has 0 bridgehead atoms. The molecule has 0 aliphatic rings. The molecule has 0 aliphatic carbocycles. The summed E-state index contributed by atoms with van der Waals surface area (Å²) in [6.45, 7) is 2.00. The molecule has 100 valence electrons. The van der Waals surface area contributed by atoms with E-state index in [1.54, 1.807) is 6.07 Å². The third kappa shape index (κ3) is 2.57. The van der Waals surface area contributed by atoms with Crippen LogP contribution in [0.5, 0.6) is 5.75 Å². The number of Topliss-reactive ketones (excluding diaryl/α,β-unsaturated/α-hetero) is 1. The van der Waals surface area contributed by atoms with Crippen molar-refractivity contribution in [1.82, 2.24) is 0 Å². The van der Waals surface area contributed by atoms with E-state index in [0.717, 1.165) is 16.7 Å². The normalized spacial score (nSPS) is 10.7. The molecule has 0 unspecified atom stereocenters. The van der Waals surface area contributed by atoms with Gasteiger partial charge in [0.15, 0.2) is 11.5 Å². The molecule has 20 heavy (non-hydrogen) atoms. The molecule has 3 aromatic rings. The summed E-state index contributed by atoms with van der Waals surface area (Å²) in [5.74, 6) is 1.03. The Morgan fingerprint density at radius 2 is 1.90 bits per heavy atom. The lowest BCUT2D eigenvalue weighted by atomic mass is 10.2. The predicted octanol–water partition coefficient (Wildman–Crippen LogP) is 4.21. The van der Waals surface area contributed by atoms with E-state index in [1.165, 1.54) is 6.92 Å². The minimum atomic E-state index is -0.0760. The Labute approximate surface area is 116 Å². The molecule has 3 rings (SSSR count). The quantitative estimate of drug-likeness (QED) is 0.664. The molecule has 2 aromatic carbocycles. The van der Waals surface area contributed by atoms with Gasteiger partial charge in [0.25, 0.3) is 0 Å². The second kappa shape index (κ2) is 5.21. The van der Waals surface area contributed by atoms with Gasteiger partial charge in [0.1, 0.15) is 17.9 Å². The molecule has 0 fully saturated rings. The lowest BCUT2D eigenvalue weighted by Gasteiger charge is -2.05. The molecule has 1 heterocycles. The van der Waals surface area contributed by atoms with Crippen molar-refractivity contribution in [2.24, 2.45) is 0 Å². The third-order valence-corrected chi connectivity index (χ3v) is 3.09. The van der Waals surface area contributed by atoms with Crippen LogP contribution in [0.25, 0.3) is 11.0 Å². The number of rotatable bonds is 4. The Balaban J connectivity index is 1.80. The molecule has 0 radical (unpaired) electrons. The van der Waals surface area contributed by atoms with E-state index in [9.17, 15) is 4.79 Å². The van der Waals surface area contributed by atoms with Crippen LogP contribution in [0, 0.1) is 0 Å². The highest BCUT2D eigenvalue weighted by Crippen LogP contribution is 2.25. The highest BCUT2D eigenvalue weighted by atomic mass is 16.5. The van der Waals surface area contributed by atoms with Gasteiger partial charge in [0.05, 0.1) is 0 Å². The number of ketones is 1. The largest absolute Gasteiger partial charge is 0.489 e. The number of benzene rings is 2. The van der Waals surface area contributed by atoms with Crippen LogP contribution in [-0.4, -0.2) is 5.78 Å². The van der Waals surface area contributed by atoms with Gasteiger partial charge in [-0.3, -0.25) is 4.79 Å². The number of ether oxygens (including phenoxy) is 1. The van der Waals surface area contributed by atoms with Gasteiger partial charge < -0.3 is 9.15 Å². The Bertz CT molecular complexity index is 741. The molecule has 0 saturated heterocycles. The minimum Gasteiger partial charge on any atom is -0.489 e. The Morgan fingerprint density at radius 3 is 2.65 bits per heavy atom. The summed E-state index contributed by atoms with van der Waals surface area (Å²) in [6.07, 6.45) is 0. The summed E-state index contributed by atoms with van der Waals surface area (Å²) in [5.41, 5.74) is 1.78. The Morgan fingerprint density at radius 1 is 1.10 bits per heavy atom. The van der Waals surface area contributed by atoms with Crippen LogP contribution < -0.4 is 4.74 Å². The second-order valence-corrected chi connectivity index (χ2v) is 4.64. The van der Waals surface area contributed by atoms with Crippen molar-refractivity contribution in [2.45, 2.75) is 13.5 Å². The molecule has 0 spiro atoms. The Hall–Kier alpha value is -2.55. The lowest BCUT2D eigenvalue weighted by molar-refractivity contribution is 0.0989. The maximum Gasteiger partial charge on any atom is 0.194 e. The van der Waals surface area contributed by atoms with Crippen molar-refractivity contribution in [3.05, 3.63) is 65.9 Å². The van der Waals surface area contributed by atoms with Crippen LogP contribution in [0.3, 0.4) is 0 Å². The zero-order valence-corrected chi connectivity index (χ0v) is 11.1. The first kappa shape index (κ1) is 12.5. The molecule has 3 heteroatoms. The van der Waals surface area contributed by atoms with Crippen molar-refractivity contribution in [3.8, 4) is 5.75 Å². The van der Waals surface area contributed by atoms with E-state index in [1.807, 2.05) is 48.5 Å². The lowest BCUT2D eigenvalue weighted by Crippen LogP contribution is -1.94. The number of carbonyl (C=O) groups is 1. The number of furan rings is 1. The smallest absolute Gasteiger partial charge is 0.194 e. The van der Waals surface area contributed by atoms with Gasteiger partial charge >= 0.3 is 0 Å². The minimum absolute atomic E-state index is 0.0760. The van der Waals surface area contributed by atoms with Crippen LogP contribution >= 0.6 is 0 Å². The fourth-order valence-corrected chi connectivity index (χ4v) is 2.02. The molecule has 0 atom stereocenters. The van der Waals surface area contributed by atoms with Crippen molar-refractivity contribution in [2.75, 3.05) is 0 Å².